The Bertz CT molecular complexity index is 774. The van der Waals surface area contributed by atoms with Gasteiger partial charge in [-0.25, -0.2) is 0 Å². The minimum absolute atomic E-state index is 0.477. The summed E-state index contributed by atoms with van der Waals surface area (Å²) in [5.74, 6) is 0. The third-order valence-electron chi connectivity index (χ3n) is 3.11. The standard InChI is InChI=1S/C15H9BrF3N/c16-12-4-2-1-3-11(12)14-7-9-5-6-10(15(17,18)19)8-13(9)20-14/h1-8,20H. The monoisotopic (exact) mass is 339 g/mol. The summed E-state index contributed by atoms with van der Waals surface area (Å²) < 4.78 is 39.0. The molecule has 0 fully saturated rings. The van der Waals surface area contributed by atoms with Gasteiger partial charge in [0, 0.05) is 26.6 Å². The van der Waals surface area contributed by atoms with E-state index in [-0.39, 0.29) is 0 Å². The van der Waals surface area contributed by atoms with Gasteiger partial charge in [0.25, 0.3) is 0 Å². The van der Waals surface area contributed by atoms with Gasteiger partial charge in [0.05, 0.1) is 5.56 Å². The van der Waals surface area contributed by atoms with Gasteiger partial charge < -0.3 is 4.98 Å². The van der Waals surface area contributed by atoms with Crippen LogP contribution in [0.2, 0.25) is 0 Å². The van der Waals surface area contributed by atoms with Crippen molar-refractivity contribution in [3.8, 4) is 11.3 Å². The molecule has 0 aliphatic rings. The molecule has 20 heavy (non-hydrogen) atoms. The summed E-state index contributed by atoms with van der Waals surface area (Å²) in [4.78, 5) is 3.04. The minimum atomic E-state index is -4.33. The molecule has 102 valence electrons. The maximum atomic E-state index is 12.7. The molecule has 0 spiro atoms. The van der Waals surface area contributed by atoms with Gasteiger partial charge >= 0.3 is 6.18 Å². The highest BCUT2D eigenvalue weighted by Gasteiger charge is 2.30. The predicted octanol–water partition coefficient (Wildman–Crippen LogP) is 5.62. The van der Waals surface area contributed by atoms with Crippen LogP contribution >= 0.6 is 15.9 Å². The van der Waals surface area contributed by atoms with Crippen LogP contribution < -0.4 is 0 Å². The highest BCUT2D eigenvalue weighted by molar-refractivity contribution is 9.10. The normalized spacial score (nSPS) is 12.0. The summed E-state index contributed by atoms with van der Waals surface area (Å²) in [6.45, 7) is 0. The molecule has 0 bridgehead atoms. The van der Waals surface area contributed by atoms with Crippen LogP contribution in [0, 0.1) is 0 Å². The van der Waals surface area contributed by atoms with Crippen LogP contribution in [0.3, 0.4) is 0 Å². The Morgan fingerprint density at radius 1 is 0.950 bits per heavy atom. The second-order valence-electron chi connectivity index (χ2n) is 4.46. The molecule has 2 aromatic carbocycles. The first-order valence-corrected chi connectivity index (χ1v) is 6.69. The van der Waals surface area contributed by atoms with Crippen molar-refractivity contribution in [2.45, 2.75) is 6.18 Å². The van der Waals surface area contributed by atoms with Crippen LogP contribution in [0.25, 0.3) is 22.2 Å². The van der Waals surface area contributed by atoms with Gasteiger partial charge in [0.2, 0.25) is 0 Å². The van der Waals surface area contributed by atoms with E-state index in [1.807, 2.05) is 30.3 Å². The van der Waals surface area contributed by atoms with Crippen LogP contribution in [-0.2, 0) is 6.18 Å². The molecular weight excluding hydrogens is 331 g/mol. The lowest BCUT2D eigenvalue weighted by atomic mass is 10.1. The Kier molecular flexibility index (Phi) is 3.09. The summed E-state index contributed by atoms with van der Waals surface area (Å²) in [5, 5.41) is 0.753. The molecule has 0 saturated carbocycles. The highest BCUT2D eigenvalue weighted by Crippen LogP contribution is 2.34. The summed E-state index contributed by atoms with van der Waals surface area (Å²) >= 11 is 3.44. The number of alkyl halides is 3. The van der Waals surface area contributed by atoms with Crippen molar-refractivity contribution >= 4 is 26.8 Å². The number of hydrogen-bond donors (Lipinski definition) is 1. The van der Waals surface area contributed by atoms with E-state index in [4.69, 9.17) is 0 Å². The van der Waals surface area contributed by atoms with Crippen molar-refractivity contribution in [1.29, 1.82) is 0 Å². The molecule has 0 saturated heterocycles. The Morgan fingerprint density at radius 3 is 2.40 bits per heavy atom. The lowest BCUT2D eigenvalue weighted by Gasteiger charge is -2.05. The second-order valence-corrected chi connectivity index (χ2v) is 5.32. The van der Waals surface area contributed by atoms with Crippen molar-refractivity contribution in [3.63, 3.8) is 0 Å². The van der Waals surface area contributed by atoms with Gasteiger partial charge in [-0.15, -0.1) is 0 Å². The summed E-state index contributed by atoms with van der Waals surface area (Å²) in [7, 11) is 0. The molecular formula is C15H9BrF3N. The summed E-state index contributed by atoms with van der Waals surface area (Å²) in [5.41, 5.74) is 1.53. The van der Waals surface area contributed by atoms with E-state index in [1.54, 1.807) is 0 Å². The number of halogens is 4. The molecule has 0 aliphatic heterocycles. The first kappa shape index (κ1) is 13.2. The van der Waals surface area contributed by atoms with Crippen LogP contribution in [0.15, 0.2) is 53.0 Å². The van der Waals surface area contributed by atoms with Crippen molar-refractivity contribution in [3.05, 3.63) is 58.6 Å². The maximum Gasteiger partial charge on any atom is 0.416 e. The molecule has 1 N–H and O–H groups in total. The van der Waals surface area contributed by atoms with E-state index in [2.05, 4.69) is 20.9 Å². The van der Waals surface area contributed by atoms with Crippen molar-refractivity contribution in [2.75, 3.05) is 0 Å². The SMILES string of the molecule is FC(F)(F)c1ccc2cc(-c3ccccc3Br)[nH]c2c1. The summed E-state index contributed by atoms with van der Waals surface area (Å²) in [6.07, 6.45) is -4.33. The molecule has 1 nitrogen and oxygen atoms in total. The third-order valence-corrected chi connectivity index (χ3v) is 3.81. The van der Waals surface area contributed by atoms with Gasteiger partial charge in [0.15, 0.2) is 0 Å². The number of aromatic nitrogens is 1. The van der Waals surface area contributed by atoms with Gasteiger partial charge in [-0.05, 0) is 24.3 Å². The average Bonchev–Trinajstić information content (AvgIpc) is 2.80. The fourth-order valence-electron chi connectivity index (χ4n) is 2.13. The van der Waals surface area contributed by atoms with Gasteiger partial charge in [-0.3, -0.25) is 0 Å². The number of H-pyrrole nitrogens is 1. The van der Waals surface area contributed by atoms with E-state index in [1.165, 1.54) is 6.07 Å². The molecule has 0 unspecified atom stereocenters. The predicted molar refractivity (Wildman–Crippen MR) is 76.4 cm³/mol. The van der Waals surface area contributed by atoms with Crippen molar-refractivity contribution in [1.82, 2.24) is 4.98 Å². The van der Waals surface area contributed by atoms with Gasteiger partial charge in [-0.1, -0.05) is 40.2 Å². The molecule has 0 amide bonds. The molecule has 0 aliphatic carbocycles. The van der Waals surface area contributed by atoms with Gasteiger partial charge in [-0.2, -0.15) is 13.2 Å². The van der Waals surface area contributed by atoms with Crippen LogP contribution in [0.5, 0.6) is 0 Å². The Balaban J connectivity index is 2.14. The van der Waals surface area contributed by atoms with E-state index in [0.29, 0.717) is 5.52 Å². The fraction of sp³-hybridized carbons (Fsp3) is 0.0667. The molecule has 3 rings (SSSR count). The first-order valence-electron chi connectivity index (χ1n) is 5.90. The highest BCUT2D eigenvalue weighted by atomic mass is 79.9. The van der Waals surface area contributed by atoms with Crippen LogP contribution in [0.1, 0.15) is 5.56 Å². The van der Waals surface area contributed by atoms with Gasteiger partial charge in [0.1, 0.15) is 0 Å². The molecule has 0 radical (unpaired) electrons. The maximum absolute atomic E-state index is 12.7. The smallest absolute Gasteiger partial charge is 0.354 e. The lowest BCUT2D eigenvalue weighted by Crippen LogP contribution is -2.03. The number of aromatic amines is 1. The molecule has 5 heteroatoms. The molecule has 3 aromatic rings. The van der Waals surface area contributed by atoms with Crippen molar-refractivity contribution in [2.24, 2.45) is 0 Å². The quantitative estimate of drug-likeness (QED) is 0.592. The Hall–Kier alpha value is -1.75. The number of rotatable bonds is 1. The zero-order valence-corrected chi connectivity index (χ0v) is 11.7. The molecule has 1 heterocycles. The van der Waals surface area contributed by atoms with Crippen LogP contribution in [-0.4, -0.2) is 4.98 Å². The first-order chi connectivity index (χ1) is 9.45. The van der Waals surface area contributed by atoms with E-state index in [9.17, 15) is 13.2 Å². The zero-order valence-electron chi connectivity index (χ0n) is 10.1. The topological polar surface area (TPSA) is 15.8 Å². The van der Waals surface area contributed by atoms with E-state index in [0.717, 1.165) is 33.2 Å². The fourth-order valence-corrected chi connectivity index (χ4v) is 2.63. The Labute approximate surface area is 121 Å². The number of fused-ring (bicyclic) bond motifs is 1. The third kappa shape index (κ3) is 2.33. The van der Waals surface area contributed by atoms with Crippen LogP contribution in [0.4, 0.5) is 13.2 Å². The van der Waals surface area contributed by atoms with E-state index < -0.39 is 11.7 Å². The summed E-state index contributed by atoms with van der Waals surface area (Å²) in [6, 6.07) is 13.1. The largest absolute Gasteiger partial charge is 0.416 e. The molecule has 0 atom stereocenters. The lowest BCUT2D eigenvalue weighted by molar-refractivity contribution is -0.137. The Morgan fingerprint density at radius 2 is 1.70 bits per heavy atom. The number of nitrogens with one attached hydrogen (secondary N) is 1. The second kappa shape index (κ2) is 4.66. The number of hydrogen-bond acceptors (Lipinski definition) is 0. The number of benzene rings is 2. The minimum Gasteiger partial charge on any atom is -0.354 e. The van der Waals surface area contributed by atoms with E-state index >= 15 is 0 Å². The molecule has 1 aromatic heterocycles. The zero-order chi connectivity index (χ0) is 14.3. The van der Waals surface area contributed by atoms with Crippen molar-refractivity contribution < 1.29 is 13.2 Å². The average molecular weight is 340 g/mol.